The van der Waals surface area contributed by atoms with Crippen LogP contribution in [0.4, 0.5) is 4.79 Å². The summed E-state index contributed by atoms with van der Waals surface area (Å²) in [4.78, 5) is 39.2. The molecule has 0 aromatic heterocycles. The van der Waals surface area contributed by atoms with Gasteiger partial charge in [0.2, 0.25) is 0 Å². The van der Waals surface area contributed by atoms with Crippen molar-refractivity contribution in [2.45, 2.75) is 40.0 Å². The summed E-state index contributed by atoms with van der Waals surface area (Å²) >= 11 is 0. The van der Waals surface area contributed by atoms with Crippen LogP contribution in [0.2, 0.25) is 0 Å². The fraction of sp³-hybridized carbons (Fsp3) is 0.474. The Bertz CT molecular complexity index is 831. The highest BCUT2D eigenvalue weighted by Crippen LogP contribution is 2.24. The Kier molecular flexibility index (Phi) is 8.91. The van der Waals surface area contributed by atoms with Crippen molar-refractivity contribution in [2.24, 2.45) is 21.9 Å². The lowest BCUT2D eigenvalue weighted by molar-refractivity contribution is -0.139. The minimum atomic E-state index is -1.43. The number of phenolic OH excluding ortho intramolecular Hbond substituents is 1. The number of aliphatic carboxylic acids is 1. The molecule has 2 unspecified atom stereocenters. The van der Waals surface area contributed by atoms with Crippen LogP contribution in [0, 0.1) is 5.41 Å². The Labute approximate surface area is 179 Å². The number of alkyl carbamates (subject to hydrolysis) is 1. The number of carboxylic acid groups (broad SMARTS) is 1. The second-order valence-electron chi connectivity index (χ2n) is 7.83. The lowest BCUT2D eigenvalue weighted by Crippen LogP contribution is -2.48. The number of benzene rings is 1. The van der Waals surface area contributed by atoms with Crippen LogP contribution in [0.1, 0.15) is 38.1 Å². The molecule has 0 aliphatic carbocycles. The van der Waals surface area contributed by atoms with Gasteiger partial charge in [0.15, 0.2) is 12.2 Å². The Balaban J connectivity index is 2.71. The number of carboxylic acids is 1. The van der Waals surface area contributed by atoms with Crippen LogP contribution in [-0.2, 0) is 9.53 Å². The Morgan fingerprint density at radius 3 is 2.39 bits per heavy atom. The van der Waals surface area contributed by atoms with Gasteiger partial charge in [-0.3, -0.25) is 4.79 Å². The van der Waals surface area contributed by atoms with E-state index in [1.54, 1.807) is 6.92 Å². The first-order valence-electron chi connectivity index (χ1n) is 9.31. The van der Waals surface area contributed by atoms with Gasteiger partial charge in [0.1, 0.15) is 17.5 Å². The highest BCUT2D eigenvalue weighted by atomic mass is 16.5. The molecule has 1 aromatic carbocycles. The van der Waals surface area contributed by atoms with Crippen LogP contribution < -0.4 is 26.8 Å². The molecule has 0 radical (unpaired) electrons. The predicted octanol–water partition coefficient (Wildman–Crippen LogP) is 0.346. The van der Waals surface area contributed by atoms with Gasteiger partial charge in [-0.25, -0.2) is 14.6 Å². The van der Waals surface area contributed by atoms with Crippen molar-refractivity contribution in [1.29, 1.82) is 0 Å². The van der Waals surface area contributed by atoms with Crippen LogP contribution in [-0.4, -0.2) is 59.6 Å². The molecule has 0 saturated carbocycles. The monoisotopic (exact) mass is 439 g/mol. The van der Waals surface area contributed by atoms with E-state index in [1.807, 2.05) is 20.8 Å². The number of nitrogens with one attached hydrogen (secondary N) is 2. The zero-order chi connectivity index (χ0) is 23.8. The number of hydrogen-bond acceptors (Lipinski definition) is 7. The van der Waals surface area contributed by atoms with E-state index in [9.17, 15) is 24.6 Å². The second kappa shape index (κ2) is 10.9. The maximum Gasteiger partial charge on any atom is 0.407 e. The van der Waals surface area contributed by atoms with E-state index in [0.29, 0.717) is 0 Å². The SMILES string of the molecule is CC(N=C(N)N)Oc1ccc(C(=O)NCC(NC(=O)OCC(C)(C)C)C(=O)O)c(O)c1. The summed E-state index contributed by atoms with van der Waals surface area (Å²) in [5, 5.41) is 23.9. The van der Waals surface area contributed by atoms with Gasteiger partial charge in [-0.05, 0) is 24.5 Å². The van der Waals surface area contributed by atoms with E-state index in [2.05, 4.69) is 15.6 Å². The summed E-state index contributed by atoms with van der Waals surface area (Å²) < 4.78 is 10.3. The summed E-state index contributed by atoms with van der Waals surface area (Å²) in [6.07, 6.45) is -1.64. The number of guanidine groups is 1. The molecule has 12 nitrogen and oxygen atoms in total. The number of hydrogen-bond donors (Lipinski definition) is 6. The molecule has 0 aliphatic heterocycles. The number of phenols is 1. The molecular formula is C19H29N5O7. The van der Waals surface area contributed by atoms with Gasteiger partial charge in [-0.2, -0.15) is 0 Å². The minimum Gasteiger partial charge on any atom is -0.507 e. The van der Waals surface area contributed by atoms with Crippen molar-refractivity contribution < 1.29 is 34.1 Å². The van der Waals surface area contributed by atoms with Gasteiger partial charge in [-0.1, -0.05) is 20.8 Å². The molecule has 1 rings (SSSR count). The Hall–Kier alpha value is -3.70. The molecule has 1 aromatic rings. The molecule has 0 aliphatic rings. The molecule has 0 spiro atoms. The zero-order valence-corrected chi connectivity index (χ0v) is 17.8. The number of aliphatic imine (C=N–C) groups is 1. The first-order valence-corrected chi connectivity index (χ1v) is 9.31. The molecule has 2 amide bonds. The molecule has 12 heteroatoms. The topological polar surface area (TPSA) is 199 Å². The van der Waals surface area contributed by atoms with Gasteiger partial charge in [0.25, 0.3) is 5.91 Å². The maximum absolute atomic E-state index is 12.3. The van der Waals surface area contributed by atoms with Crippen LogP contribution in [0.5, 0.6) is 11.5 Å². The van der Waals surface area contributed by atoms with Gasteiger partial charge in [-0.15, -0.1) is 0 Å². The van der Waals surface area contributed by atoms with Crippen molar-refractivity contribution in [3.8, 4) is 11.5 Å². The smallest absolute Gasteiger partial charge is 0.407 e. The zero-order valence-electron chi connectivity index (χ0n) is 17.8. The minimum absolute atomic E-state index is 0.0849. The van der Waals surface area contributed by atoms with Crippen molar-refractivity contribution in [3.05, 3.63) is 23.8 Å². The maximum atomic E-state index is 12.3. The van der Waals surface area contributed by atoms with Gasteiger partial charge < -0.3 is 41.8 Å². The summed E-state index contributed by atoms with van der Waals surface area (Å²) in [6.45, 7) is 6.76. The van der Waals surface area contributed by atoms with Crippen molar-refractivity contribution in [1.82, 2.24) is 10.6 Å². The molecular weight excluding hydrogens is 410 g/mol. The predicted molar refractivity (Wildman–Crippen MR) is 112 cm³/mol. The average molecular weight is 439 g/mol. The molecule has 0 fully saturated rings. The normalized spacial score (nSPS) is 12.8. The number of aromatic hydroxyl groups is 1. The van der Waals surface area contributed by atoms with E-state index in [-0.39, 0.29) is 29.3 Å². The van der Waals surface area contributed by atoms with Crippen molar-refractivity contribution in [3.63, 3.8) is 0 Å². The number of nitrogens with two attached hydrogens (primary N) is 2. The summed E-state index contributed by atoms with van der Waals surface area (Å²) in [7, 11) is 0. The third-order valence-corrected chi connectivity index (χ3v) is 3.54. The van der Waals surface area contributed by atoms with Gasteiger partial charge >= 0.3 is 12.1 Å². The fourth-order valence-electron chi connectivity index (χ4n) is 2.17. The van der Waals surface area contributed by atoms with E-state index in [4.69, 9.17) is 20.9 Å². The van der Waals surface area contributed by atoms with E-state index in [0.717, 1.165) is 0 Å². The Morgan fingerprint density at radius 2 is 1.87 bits per heavy atom. The molecule has 0 saturated heterocycles. The number of ether oxygens (including phenoxy) is 2. The standard InChI is InChI=1S/C19H29N5O7/c1-10(23-17(20)21)31-11-5-6-12(14(25)7-11)15(26)22-8-13(16(27)28)24-18(29)30-9-19(2,3)4/h5-7,10,13,25H,8-9H2,1-4H3,(H,22,26)(H,24,29)(H,27,28)(H4,20,21,23). The third-order valence-electron chi connectivity index (χ3n) is 3.54. The summed E-state index contributed by atoms with van der Waals surface area (Å²) in [5.74, 6) is -2.49. The largest absolute Gasteiger partial charge is 0.507 e. The molecule has 2 atom stereocenters. The van der Waals surface area contributed by atoms with Crippen LogP contribution in [0.15, 0.2) is 23.2 Å². The van der Waals surface area contributed by atoms with Crippen LogP contribution >= 0.6 is 0 Å². The number of carbonyl (C=O) groups is 3. The first-order chi connectivity index (χ1) is 14.3. The molecule has 31 heavy (non-hydrogen) atoms. The molecule has 0 heterocycles. The average Bonchev–Trinajstić information content (AvgIpc) is 2.61. The lowest BCUT2D eigenvalue weighted by Gasteiger charge is -2.20. The Morgan fingerprint density at radius 1 is 1.23 bits per heavy atom. The number of nitrogens with zero attached hydrogens (tertiary/aromatic N) is 1. The highest BCUT2D eigenvalue weighted by Gasteiger charge is 2.23. The van der Waals surface area contributed by atoms with Crippen LogP contribution in [0.3, 0.4) is 0 Å². The van der Waals surface area contributed by atoms with E-state index < -0.39 is 42.5 Å². The number of carbonyl (C=O) groups excluding carboxylic acids is 2. The van der Waals surface area contributed by atoms with Gasteiger partial charge in [0, 0.05) is 12.6 Å². The second-order valence-corrected chi connectivity index (χ2v) is 7.83. The van der Waals surface area contributed by atoms with Crippen molar-refractivity contribution in [2.75, 3.05) is 13.2 Å². The lowest BCUT2D eigenvalue weighted by atomic mass is 9.99. The van der Waals surface area contributed by atoms with E-state index in [1.165, 1.54) is 18.2 Å². The fourth-order valence-corrected chi connectivity index (χ4v) is 2.17. The third kappa shape index (κ3) is 9.56. The highest BCUT2D eigenvalue weighted by molar-refractivity contribution is 5.97. The summed E-state index contributed by atoms with van der Waals surface area (Å²) in [6, 6.07) is 2.44. The quantitative estimate of drug-likeness (QED) is 0.232. The molecule has 0 bridgehead atoms. The van der Waals surface area contributed by atoms with E-state index >= 15 is 0 Å². The number of amides is 2. The van der Waals surface area contributed by atoms with Crippen molar-refractivity contribution >= 4 is 23.9 Å². The number of rotatable bonds is 9. The van der Waals surface area contributed by atoms with Gasteiger partial charge in [0.05, 0.1) is 12.2 Å². The molecule has 8 N–H and O–H groups in total. The molecule has 172 valence electrons. The summed E-state index contributed by atoms with van der Waals surface area (Å²) in [5.41, 5.74) is 10.1. The van der Waals surface area contributed by atoms with Crippen LogP contribution in [0.25, 0.3) is 0 Å². The first kappa shape index (κ1) is 25.3.